The zero-order valence-corrected chi connectivity index (χ0v) is 25.9. The van der Waals surface area contributed by atoms with Crippen molar-refractivity contribution < 1.29 is 0 Å². The first kappa shape index (κ1) is 26.0. The van der Waals surface area contributed by atoms with Gasteiger partial charge in [0.2, 0.25) is 0 Å². The molecule has 0 spiro atoms. The molecule has 7 aromatic carbocycles. The summed E-state index contributed by atoms with van der Waals surface area (Å²) < 4.78 is 2.86. The number of benzene rings is 7. The first-order chi connectivity index (χ1) is 22.3. The first-order valence-corrected chi connectivity index (χ1v) is 16.7. The molecular formula is C41H25N3Se. The second kappa shape index (κ2) is 10.6. The molecule has 0 atom stereocenters. The van der Waals surface area contributed by atoms with Crippen molar-refractivity contribution in [2.75, 3.05) is 0 Å². The van der Waals surface area contributed by atoms with E-state index in [1.807, 2.05) is 24.3 Å². The van der Waals surface area contributed by atoms with Crippen molar-refractivity contribution in [2.24, 2.45) is 0 Å². The summed E-state index contributed by atoms with van der Waals surface area (Å²) in [6, 6.07) is 53.5. The summed E-state index contributed by atoms with van der Waals surface area (Å²) >= 11 is 0.215. The summed E-state index contributed by atoms with van der Waals surface area (Å²) in [6.07, 6.45) is 0. The quantitative estimate of drug-likeness (QED) is 0.142. The topological polar surface area (TPSA) is 38.7 Å². The molecule has 0 saturated carbocycles. The molecule has 9 rings (SSSR count). The Morgan fingerprint density at radius 1 is 0.378 bits per heavy atom. The van der Waals surface area contributed by atoms with Crippen LogP contribution in [0.1, 0.15) is 0 Å². The summed E-state index contributed by atoms with van der Waals surface area (Å²) in [6.45, 7) is 0. The third kappa shape index (κ3) is 4.46. The third-order valence-electron chi connectivity index (χ3n) is 8.53. The second-order valence-corrected chi connectivity index (χ2v) is 13.4. The van der Waals surface area contributed by atoms with Crippen molar-refractivity contribution in [1.29, 1.82) is 0 Å². The minimum Gasteiger partial charge on any atom is -0.0617 e. The summed E-state index contributed by atoms with van der Waals surface area (Å²) in [5.41, 5.74) is 5.30. The minimum absolute atomic E-state index is 0.215. The van der Waals surface area contributed by atoms with E-state index in [0.29, 0.717) is 17.5 Å². The average molecular weight is 639 g/mol. The van der Waals surface area contributed by atoms with Crippen molar-refractivity contribution in [3.63, 3.8) is 0 Å². The summed E-state index contributed by atoms with van der Waals surface area (Å²) in [5.74, 6) is 2.02. The van der Waals surface area contributed by atoms with Crippen LogP contribution in [0.3, 0.4) is 0 Å². The third-order valence-corrected chi connectivity index (χ3v) is 11.1. The van der Waals surface area contributed by atoms with E-state index in [0.717, 1.165) is 22.3 Å². The SMILES string of the molecule is c1ccc(-c2ccc(-c3nc(-c4ccccc4)nc(-c4cc5c6ccccc6[se]c5c5c4ccc4ccccc45)n3)cc2)cc1. The number of rotatable bonds is 4. The van der Waals surface area contributed by atoms with Crippen LogP contribution in [0.2, 0.25) is 0 Å². The molecule has 210 valence electrons. The van der Waals surface area contributed by atoms with Crippen molar-refractivity contribution in [1.82, 2.24) is 15.0 Å². The molecule has 0 unspecified atom stereocenters. The molecule has 2 aromatic heterocycles. The Kier molecular flexibility index (Phi) is 6.15. The van der Waals surface area contributed by atoms with E-state index >= 15 is 0 Å². The number of hydrogen-bond donors (Lipinski definition) is 0. The van der Waals surface area contributed by atoms with Crippen LogP contribution in [0.25, 0.3) is 86.1 Å². The molecule has 0 amide bonds. The Morgan fingerprint density at radius 3 is 1.69 bits per heavy atom. The van der Waals surface area contributed by atoms with Gasteiger partial charge in [-0.25, -0.2) is 0 Å². The van der Waals surface area contributed by atoms with Crippen LogP contribution in [-0.2, 0) is 0 Å². The normalized spacial score (nSPS) is 11.6. The van der Waals surface area contributed by atoms with Gasteiger partial charge in [0.1, 0.15) is 0 Å². The van der Waals surface area contributed by atoms with Gasteiger partial charge in [0, 0.05) is 0 Å². The molecule has 0 aliphatic heterocycles. The predicted molar refractivity (Wildman–Crippen MR) is 189 cm³/mol. The van der Waals surface area contributed by atoms with Crippen molar-refractivity contribution in [2.45, 2.75) is 0 Å². The Labute approximate surface area is 266 Å². The van der Waals surface area contributed by atoms with Gasteiger partial charge in [0.05, 0.1) is 0 Å². The Hall–Kier alpha value is -5.41. The molecule has 9 aromatic rings. The Bertz CT molecular complexity index is 2520. The number of hydrogen-bond acceptors (Lipinski definition) is 3. The fourth-order valence-electron chi connectivity index (χ4n) is 6.33. The van der Waals surface area contributed by atoms with Gasteiger partial charge in [-0.2, -0.15) is 0 Å². The first-order valence-electron chi connectivity index (χ1n) is 15.0. The van der Waals surface area contributed by atoms with Crippen LogP contribution in [0.15, 0.2) is 152 Å². The number of nitrogens with zero attached hydrogens (tertiary/aromatic N) is 3. The van der Waals surface area contributed by atoms with Crippen molar-refractivity contribution >= 4 is 55.3 Å². The fraction of sp³-hybridized carbons (Fsp3) is 0. The molecule has 3 nitrogen and oxygen atoms in total. The van der Waals surface area contributed by atoms with E-state index in [2.05, 4.69) is 127 Å². The summed E-state index contributed by atoms with van der Waals surface area (Å²) in [5, 5.41) is 7.62. The van der Waals surface area contributed by atoms with Crippen LogP contribution in [0.4, 0.5) is 0 Å². The maximum absolute atomic E-state index is 5.20. The molecule has 0 fully saturated rings. The zero-order chi connectivity index (χ0) is 29.7. The second-order valence-electron chi connectivity index (χ2n) is 11.2. The van der Waals surface area contributed by atoms with Gasteiger partial charge in [-0.05, 0) is 0 Å². The standard InChI is InChI=1S/C41H25N3Se/c1-3-11-26(12-4-1)27-19-21-30(22-20-27)40-42-39(29-14-5-2-6-15-29)43-41(44-40)35-25-34-32-17-9-10-18-36(32)45-38(34)37-31-16-8-7-13-28(31)23-24-33(35)37/h1-25H. The van der Waals surface area contributed by atoms with Crippen LogP contribution in [-0.4, -0.2) is 29.5 Å². The average Bonchev–Trinajstić information content (AvgIpc) is 3.50. The van der Waals surface area contributed by atoms with Crippen LogP contribution in [0.5, 0.6) is 0 Å². The van der Waals surface area contributed by atoms with E-state index in [4.69, 9.17) is 15.0 Å². The van der Waals surface area contributed by atoms with E-state index in [1.54, 1.807) is 0 Å². The van der Waals surface area contributed by atoms with Gasteiger partial charge in [0.25, 0.3) is 0 Å². The van der Waals surface area contributed by atoms with Gasteiger partial charge in [0.15, 0.2) is 0 Å². The largest absolute Gasteiger partial charge is 0.0617 e. The maximum Gasteiger partial charge on any atom is -0.0544 e. The maximum atomic E-state index is 5.20. The molecule has 2 heterocycles. The molecule has 0 N–H and O–H groups in total. The van der Waals surface area contributed by atoms with Gasteiger partial charge < -0.3 is 0 Å². The molecular weight excluding hydrogens is 613 g/mol. The molecule has 0 aliphatic carbocycles. The molecule has 0 aliphatic rings. The fourth-order valence-corrected chi connectivity index (χ4v) is 8.96. The van der Waals surface area contributed by atoms with E-state index in [-0.39, 0.29) is 14.5 Å². The zero-order valence-electron chi connectivity index (χ0n) is 24.2. The number of fused-ring (bicyclic) bond motifs is 7. The van der Waals surface area contributed by atoms with Crippen LogP contribution in [0, 0.1) is 0 Å². The van der Waals surface area contributed by atoms with E-state index in [1.165, 1.54) is 46.4 Å². The van der Waals surface area contributed by atoms with Crippen molar-refractivity contribution in [3.8, 4) is 45.3 Å². The van der Waals surface area contributed by atoms with E-state index in [9.17, 15) is 0 Å². The van der Waals surface area contributed by atoms with Crippen LogP contribution < -0.4 is 0 Å². The number of aromatic nitrogens is 3. The molecule has 0 bridgehead atoms. The summed E-state index contributed by atoms with van der Waals surface area (Å²) in [4.78, 5) is 15.4. The minimum atomic E-state index is 0.215. The molecule has 0 radical (unpaired) electrons. The summed E-state index contributed by atoms with van der Waals surface area (Å²) in [7, 11) is 0. The Balaban J connectivity index is 1.33. The van der Waals surface area contributed by atoms with Crippen LogP contribution >= 0.6 is 0 Å². The molecule has 45 heavy (non-hydrogen) atoms. The predicted octanol–water partition coefficient (Wildman–Crippen LogP) is 10.2. The molecule has 0 saturated heterocycles. The Morgan fingerprint density at radius 2 is 0.933 bits per heavy atom. The van der Waals surface area contributed by atoms with Gasteiger partial charge in [-0.1, -0.05) is 30.3 Å². The monoisotopic (exact) mass is 639 g/mol. The van der Waals surface area contributed by atoms with Gasteiger partial charge >= 0.3 is 237 Å². The van der Waals surface area contributed by atoms with Gasteiger partial charge in [-0.15, -0.1) is 0 Å². The molecule has 4 heteroatoms. The smallest absolute Gasteiger partial charge is 0.0544 e. The van der Waals surface area contributed by atoms with Gasteiger partial charge in [-0.3, -0.25) is 0 Å². The van der Waals surface area contributed by atoms with E-state index < -0.39 is 0 Å². The van der Waals surface area contributed by atoms with Crippen molar-refractivity contribution in [3.05, 3.63) is 152 Å².